The Labute approximate surface area is 68.0 Å². The van der Waals surface area contributed by atoms with Crippen LogP contribution in [0.15, 0.2) is 30.3 Å². The van der Waals surface area contributed by atoms with E-state index in [1.54, 1.807) is 0 Å². The normalized spacial score (nSPS) is 7.91. The molecule has 2 nitrogen and oxygen atoms in total. The van der Waals surface area contributed by atoms with Crippen LogP contribution in [0.1, 0.15) is 6.92 Å². The lowest BCUT2D eigenvalue weighted by molar-refractivity contribution is 0.340. The average molecular weight is 153 g/mol. The second-order valence-corrected chi connectivity index (χ2v) is 1.75. The molecule has 1 aromatic rings. The number of rotatable bonds is 2. The Morgan fingerprint density at radius 3 is 2.18 bits per heavy atom. The first-order valence-electron chi connectivity index (χ1n) is 3.69. The van der Waals surface area contributed by atoms with Crippen LogP contribution in [0.2, 0.25) is 0 Å². The Bertz CT molecular complexity index is 162. The fraction of sp³-hybridized carbons (Fsp3) is 0.333. The van der Waals surface area contributed by atoms with Crippen molar-refractivity contribution in [2.45, 2.75) is 6.92 Å². The quantitative estimate of drug-likeness (QED) is 0.701. The smallest absolute Gasteiger partial charge is 0.119 e. The van der Waals surface area contributed by atoms with E-state index in [2.05, 4.69) is 5.73 Å². The molecule has 2 heteroatoms. The van der Waals surface area contributed by atoms with Gasteiger partial charge in [0.15, 0.2) is 0 Å². The Morgan fingerprint density at radius 1 is 1.18 bits per heavy atom. The molecule has 0 bridgehead atoms. The molecule has 0 heterocycles. The molecule has 0 saturated carbocycles. The van der Waals surface area contributed by atoms with Crippen LogP contribution in [-0.2, 0) is 0 Å². The van der Waals surface area contributed by atoms with Gasteiger partial charge in [-0.05, 0) is 26.1 Å². The van der Waals surface area contributed by atoms with Crippen molar-refractivity contribution in [2.24, 2.45) is 5.73 Å². The molecule has 0 aliphatic heterocycles. The van der Waals surface area contributed by atoms with Crippen molar-refractivity contribution in [3.8, 4) is 5.75 Å². The molecule has 2 N–H and O–H groups in total. The Morgan fingerprint density at radius 2 is 1.73 bits per heavy atom. The van der Waals surface area contributed by atoms with Crippen LogP contribution in [0, 0.1) is 0 Å². The maximum Gasteiger partial charge on any atom is 0.119 e. The number of nitrogens with two attached hydrogens (primary N) is 1. The summed E-state index contributed by atoms with van der Waals surface area (Å²) in [4.78, 5) is 0. The van der Waals surface area contributed by atoms with Crippen LogP contribution in [0.3, 0.4) is 0 Å². The van der Waals surface area contributed by atoms with Crippen LogP contribution >= 0.6 is 0 Å². The Hall–Kier alpha value is -1.02. The van der Waals surface area contributed by atoms with Gasteiger partial charge in [0.25, 0.3) is 0 Å². The largest absolute Gasteiger partial charge is 0.494 e. The molecule has 0 fully saturated rings. The minimum absolute atomic E-state index is 0.740. The van der Waals surface area contributed by atoms with Gasteiger partial charge >= 0.3 is 0 Å². The highest BCUT2D eigenvalue weighted by molar-refractivity contribution is 5.20. The van der Waals surface area contributed by atoms with Gasteiger partial charge in [-0.25, -0.2) is 0 Å². The van der Waals surface area contributed by atoms with Crippen LogP contribution < -0.4 is 10.5 Å². The van der Waals surface area contributed by atoms with E-state index in [1.165, 1.54) is 7.05 Å². The third-order valence-electron chi connectivity index (χ3n) is 1.05. The van der Waals surface area contributed by atoms with Gasteiger partial charge in [0.1, 0.15) is 5.75 Å². The molecular weight excluding hydrogens is 138 g/mol. The van der Waals surface area contributed by atoms with Gasteiger partial charge < -0.3 is 10.5 Å². The van der Waals surface area contributed by atoms with Crippen molar-refractivity contribution in [1.82, 2.24) is 0 Å². The molecule has 0 radical (unpaired) electrons. The van der Waals surface area contributed by atoms with Gasteiger partial charge in [-0.2, -0.15) is 0 Å². The summed E-state index contributed by atoms with van der Waals surface area (Å²) in [5, 5.41) is 0. The van der Waals surface area contributed by atoms with Gasteiger partial charge in [-0.1, -0.05) is 18.2 Å². The summed E-state index contributed by atoms with van der Waals surface area (Å²) in [6.07, 6.45) is 0. The summed E-state index contributed by atoms with van der Waals surface area (Å²) in [6.45, 7) is 2.72. The second kappa shape index (κ2) is 7.09. The molecule has 1 rings (SSSR count). The first kappa shape index (κ1) is 9.98. The van der Waals surface area contributed by atoms with Gasteiger partial charge in [0.2, 0.25) is 0 Å². The first-order chi connectivity index (χ1) is 5.43. The van der Waals surface area contributed by atoms with Gasteiger partial charge in [-0.15, -0.1) is 0 Å². The van der Waals surface area contributed by atoms with Crippen molar-refractivity contribution >= 4 is 0 Å². The zero-order valence-electron chi connectivity index (χ0n) is 7.08. The van der Waals surface area contributed by atoms with E-state index in [-0.39, 0.29) is 0 Å². The number of benzene rings is 1. The van der Waals surface area contributed by atoms with Gasteiger partial charge in [0, 0.05) is 0 Å². The molecule has 0 unspecified atom stereocenters. The van der Waals surface area contributed by atoms with E-state index >= 15 is 0 Å². The van der Waals surface area contributed by atoms with Crippen molar-refractivity contribution < 1.29 is 4.74 Å². The SMILES string of the molecule is CCOc1ccccc1.CN. The average Bonchev–Trinajstić information content (AvgIpc) is 2.11. The lowest BCUT2D eigenvalue weighted by Gasteiger charge is -1.99. The molecule has 11 heavy (non-hydrogen) atoms. The lowest BCUT2D eigenvalue weighted by atomic mass is 10.3. The monoisotopic (exact) mass is 153 g/mol. The van der Waals surface area contributed by atoms with E-state index in [4.69, 9.17) is 4.74 Å². The third kappa shape index (κ3) is 4.39. The zero-order chi connectivity index (χ0) is 8.53. The summed E-state index contributed by atoms with van der Waals surface area (Å²) >= 11 is 0. The van der Waals surface area contributed by atoms with Gasteiger partial charge in [0.05, 0.1) is 6.61 Å². The molecule has 0 aromatic heterocycles. The van der Waals surface area contributed by atoms with Gasteiger partial charge in [-0.3, -0.25) is 0 Å². The van der Waals surface area contributed by atoms with Crippen LogP contribution in [0.25, 0.3) is 0 Å². The number of para-hydroxylation sites is 1. The number of ether oxygens (including phenoxy) is 1. The molecule has 62 valence electrons. The molecular formula is C9H15NO. The highest BCUT2D eigenvalue weighted by Gasteiger charge is 1.83. The van der Waals surface area contributed by atoms with Crippen LogP contribution in [-0.4, -0.2) is 13.7 Å². The Balaban J connectivity index is 0.000000461. The van der Waals surface area contributed by atoms with E-state index in [0.717, 1.165) is 12.4 Å². The third-order valence-corrected chi connectivity index (χ3v) is 1.05. The summed E-state index contributed by atoms with van der Waals surface area (Å²) in [5.41, 5.74) is 4.50. The Kier molecular flexibility index (Phi) is 6.43. The topological polar surface area (TPSA) is 35.2 Å². The predicted molar refractivity (Wildman–Crippen MR) is 47.7 cm³/mol. The van der Waals surface area contributed by atoms with Crippen LogP contribution in [0.4, 0.5) is 0 Å². The highest BCUT2D eigenvalue weighted by atomic mass is 16.5. The highest BCUT2D eigenvalue weighted by Crippen LogP contribution is 2.06. The van der Waals surface area contributed by atoms with E-state index in [1.807, 2.05) is 37.3 Å². The first-order valence-corrected chi connectivity index (χ1v) is 3.69. The minimum Gasteiger partial charge on any atom is -0.494 e. The summed E-state index contributed by atoms with van der Waals surface area (Å²) in [6, 6.07) is 9.80. The molecule has 0 amide bonds. The van der Waals surface area contributed by atoms with Crippen molar-refractivity contribution in [1.29, 1.82) is 0 Å². The summed E-state index contributed by atoms with van der Waals surface area (Å²) in [7, 11) is 1.50. The fourth-order valence-corrected chi connectivity index (χ4v) is 0.683. The standard InChI is InChI=1S/C8H10O.CH5N/c1-2-9-8-6-4-3-5-7-8;1-2/h3-7H,2H2,1H3;2H2,1H3. The minimum atomic E-state index is 0.740. The van der Waals surface area contributed by atoms with Crippen LogP contribution in [0.5, 0.6) is 5.75 Å². The number of hydrogen-bond acceptors (Lipinski definition) is 2. The van der Waals surface area contributed by atoms with E-state index < -0.39 is 0 Å². The fourth-order valence-electron chi connectivity index (χ4n) is 0.683. The predicted octanol–water partition coefficient (Wildman–Crippen LogP) is 1.66. The molecule has 0 saturated heterocycles. The molecule has 0 aliphatic rings. The summed E-state index contributed by atoms with van der Waals surface area (Å²) in [5.74, 6) is 0.944. The maximum absolute atomic E-state index is 5.21. The maximum atomic E-state index is 5.21. The van der Waals surface area contributed by atoms with Crippen molar-refractivity contribution in [2.75, 3.05) is 13.7 Å². The van der Waals surface area contributed by atoms with Crippen molar-refractivity contribution in [3.63, 3.8) is 0 Å². The van der Waals surface area contributed by atoms with E-state index in [0.29, 0.717) is 0 Å². The number of hydrogen-bond donors (Lipinski definition) is 1. The van der Waals surface area contributed by atoms with E-state index in [9.17, 15) is 0 Å². The van der Waals surface area contributed by atoms with Crippen molar-refractivity contribution in [3.05, 3.63) is 30.3 Å². The second-order valence-electron chi connectivity index (χ2n) is 1.75. The molecule has 1 aromatic carbocycles. The molecule has 0 aliphatic carbocycles. The summed E-state index contributed by atoms with van der Waals surface area (Å²) < 4.78 is 5.21. The zero-order valence-corrected chi connectivity index (χ0v) is 7.08. The molecule has 0 atom stereocenters. The lowest BCUT2D eigenvalue weighted by Crippen LogP contribution is -1.89. The molecule has 0 spiro atoms.